The summed E-state index contributed by atoms with van der Waals surface area (Å²) < 4.78 is 0.878. The summed E-state index contributed by atoms with van der Waals surface area (Å²) in [6.07, 6.45) is 5.36. The Hall–Kier alpha value is -1.51. The lowest BCUT2D eigenvalue weighted by atomic mass is 10.0. The highest BCUT2D eigenvalue weighted by atomic mass is 79.9. The second-order valence-corrected chi connectivity index (χ2v) is 7.24. The maximum absolute atomic E-state index is 12.8. The third kappa shape index (κ3) is 5.89. The smallest absolute Gasteiger partial charge is 0.247 e. The molecule has 23 heavy (non-hydrogen) atoms. The molecule has 2 amide bonds. The fraction of sp³-hybridized carbons (Fsp3) is 0.412. The number of amides is 2. The molecule has 1 atom stereocenters. The predicted octanol–water partition coefficient (Wildman–Crippen LogP) is 3.11. The molecule has 1 aromatic carbocycles. The number of halogens is 2. The molecular formula is C17H20BrClN2O2. The Bertz CT molecular complexity index is 603. The van der Waals surface area contributed by atoms with Crippen molar-refractivity contribution in [2.24, 2.45) is 0 Å². The maximum Gasteiger partial charge on any atom is 0.247 e. The van der Waals surface area contributed by atoms with Gasteiger partial charge in [0.15, 0.2) is 0 Å². The van der Waals surface area contributed by atoms with Gasteiger partial charge in [-0.2, -0.15) is 0 Å². The van der Waals surface area contributed by atoms with Gasteiger partial charge in [0.05, 0.1) is 6.54 Å². The number of carbonyl (C=O) groups is 2. The van der Waals surface area contributed by atoms with Gasteiger partial charge >= 0.3 is 0 Å². The lowest BCUT2D eigenvalue weighted by molar-refractivity contribution is -0.139. The molecule has 1 N–H and O–H groups in total. The minimum absolute atomic E-state index is 0.00382. The Balaban J connectivity index is 3.29. The SMILES string of the molecule is C#CCN(C(=O)CCl)C(C(=O)NC(C)(C)C)c1ccc(Br)cc1. The molecule has 0 bridgehead atoms. The van der Waals surface area contributed by atoms with Crippen molar-refractivity contribution < 1.29 is 9.59 Å². The van der Waals surface area contributed by atoms with Crippen LogP contribution >= 0.6 is 27.5 Å². The molecule has 1 rings (SSSR count). The standard InChI is InChI=1S/C17H20BrClN2O2/c1-5-10-21(14(22)11-19)15(16(23)20-17(2,3)4)12-6-8-13(18)9-7-12/h1,6-9,15H,10-11H2,2-4H3,(H,20,23). The Kier molecular flexibility index (Phi) is 7.11. The number of hydrogen-bond donors (Lipinski definition) is 1. The van der Waals surface area contributed by atoms with Gasteiger partial charge in [-0.1, -0.05) is 34.0 Å². The molecule has 4 nitrogen and oxygen atoms in total. The largest absolute Gasteiger partial charge is 0.349 e. The van der Waals surface area contributed by atoms with E-state index in [1.165, 1.54) is 4.90 Å². The van der Waals surface area contributed by atoms with Crippen LogP contribution in [-0.2, 0) is 9.59 Å². The molecule has 0 aromatic heterocycles. The monoisotopic (exact) mass is 398 g/mol. The third-order valence-corrected chi connectivity index (χ3v) is 3.70. The number of benzene rings is 1. The van der Waals surface area contributed by atoms with Crippen molar-refractivity contribution in [2.75, 3.05) is 12.4 Å². The number of nitrogens with zero attached hydrogens (tertiary/aromatic N) is 1. The van der Waals surface area contributed by atoms with Gasteiger partial charge in [0.2, 0.25) is 11.8 Å². The van der Waals surface area contributed by atoms with Gasteiger partial charge in [-0.25, -0.2) is 0 Å². The molecule has 0 aliphatic heterocycles. The first kappa shape index (κ1) is 19.5. The predicted molar refractivity (Wildman–Crippen MR) is 96.0 cm³/mol. The van der Waals surface area contributed by atoms with Crippen LogP contribution in [-0.4, -0.2) is 34.7 Å². The highest BCUT2D eigenvalue weighted by molar-refractivity contribution is 9.10. The molecular weight excluding hydrogens is 380 g/mol. The Morgan fingerprint density at radius 2 is 1.91 bits per heavy atom. The number of alkyl halides is 1. The van der Waals surface area contributed by atoms with Crippen LogP contribution in [0.2, 0.25) is 0 Å². The topological polar surface area (TPSA) is 49.4 Å². The van der Waals surface area contributed by atoms with Crippen LogP contribution in [0.3, 0.4) is 0 Å². The Morgan fingerprint density at radius 1 is 1.35 bits per heavy atom. The zero-order valence-electron chi connectivity index (χ0n) is 13.4. The molecule has 0 saturated carbocycles. The summed E-state index contributed by atoms with van der Waals surface area (Å²) in [5.74, 6) is 1.50. The van der Waals surface area contributed by atoms with Gasteiger partial charge in [-0.05, 0) is 38.5 Å². The van der Waals surface area contributed by atoms with E-state index in [9.17, 15) is 9.59 Å². The highest BCUT2D eigenvalue weighted by Crippen LogP contribution is 2.24. The number of rotatable bonds is 5. The van der Waals surface area contributed by atoms with E-state index in [2.05, 4.69) is 27.2 Å². The maximum atomic E-state index is 12.8. The van der Waals surface area contributed by atoms with E-state index >= 15 is 0 Å². The van der Waals surface area contributed by atoms with Crippen LogP contribution in [0, 0.1) is 12.3 Å². The van der Waals surface area contributed by atoms with E-state index in [0.717, 1.165) is 4.47 Å². The molecule has 0 fully saturated rings. The molecule has 0 aliphatic carbocycles. The van der Waals surface area contributed by atoms with E-state index < -0.39 is 11.6 Å². The molecule has 0 saturated heterocycles. The fourth-order valence-electron chi connectivity index (χ4n) is 2.05. The zero-order valence-corrected chi connectivity index (χ0v) is 15.7. The third-order valence-electron chi connectivity index (χ3n) is 2.94. The summed E-state index contributed by atoms with van der Waals surface area (Å²) in [7, 11) is 0. The summed E-state index contributed by atoms with van der Waals surface area (Å²) in [6, 6.07) is 6.35. The van der Waals surface area contributed by atoms with Crippen molar-refractivity contribution >= 4 is 39.3 Å². The van der Waals surface area contributed by atoms with Crippen LogP contribution in [0.1, 0.15) is 32.4 Å². The lowest BCUT2D eigenvalue weighted by Gasteiger charge is -2.32. The minimum atomic E-state index is -0.829. The highest BCUT2D eigenvalue weighted by Gasteiger charge is 2.32. The van der Waals surface area contributed by atoms with Gasteiger partial charge in [0.1, 0.15) is 11.9 Å². The molecule has 1 aromatic rings. The van der Waals surface area contributed by atoms with E-state index in [0.29, 0.717) is 5.56 Å². The number of terminal acetylenes is 1. The van der Waals surface area contributed by atoms with Crippen molar-refractivity contribution in [3.8, 4) is 12.3 Å². The lowest BCUT2D eigenvalue weighted by Crippen LogP contribution is -2.49. The summed E-state index contributed by atoms with van der Waals surface area (Å²) in [5, 5.41) is 2.89. The summed E-state index contributed by atoms with van der Waals surface area (Å²) >= 11 is 9.03. The number of nitrogens with one attached hydrogen (secondary N) is 1. The van der Waals surface area contributed by atoms with Crippen LogP contribution in [0.5, 0.6) is 0 Å². The number of carbonyl (C=O) groups excluding carboxylic acids is 2. The Labute approximate surface area is 150 Å². The molecule has 0 aliphatic rings. The number of hydrogen-bond acceptors (Lipinski definition) is 2. The quantitative estimate of drug-likeness (QED) is 0.611. The van der Waals surface area contributed by atoms with Gasteiger partial charge in [-0.15, -0.1) is 18.0 Å². The van der Waals surface area contributed by atoms with Crippen molar-refractivity contribution in [3.05, 3.63) is 34.3 Å². The summed E-state index contributed by atoms with van der Waals surface area (Å²) in [6.45, 7) is 5.62. The van der Waals surface area contributed by atoms with Crippen molar-refractivity contribution in [1.82, 2.24) is 10.2 Å². The van der Waals surface area contributed by atoms with Crippen molar-refractivity contribution in [1.29, 1.82) is 0 Å². The molecule has 0 radical (unpaired) electrons. The van der Waals surface area contributed by atoms with Gasteiger partial charge < -0.3 is 10.2 Å². The molecule has 1 unspecified atom stereocenters. The van der Waals surface area contributed by atoms with E-state index in [1.54, 1.807) is 12.1 Å². The second kappa shape index (κ2) is 8.37. The second-order valence-electron chi connectivity index (χ2n) is 6.05. The van der Waals surface area contributed by atoms with Crippen LogP contribution in [0.4, 0.5) is 0 Å². The fourth-order valence-corrected chi connectivity index (χ4v) is 2.47. The summed E-state index contributed by atoms with van der Waals surface area (Å²) in [5.41, 5.74) is 0.236. The van der Waals surface area contributed by atoms with Crippen molar-refractivity contribution in [2.45, 2.75) is 32.4 Å². The normalized spacial score (nSPS) is 12.2. The van der Waals surface area contributed by atoms with Gasteiger partial charge in [-0.3, -0.25) is 9.59 Å². The minimum Gasteiger partial charge on any atom is -0.349 e. The van der Waals surface area contributed by atoms with E-state index in [4.69, 9.17) is 18.0 Å². The van der Waals surface area contributed by atoms with Crippen LogP contribution in [0.15, 0.2) is 28.7 Å². The molecule has 0 heterocycles. The average molecular weight is 400 g/mol. The first-order chi connectivity index (χ1) is 10.7. The first-order valence-electron chi connectivity index (χ1n) is 7.06. The van der Waals surface area contributed by atoms with Gasteiger partial charge in [0, 0.05) is 10.0 Å². The van der Waals surface area contributed by atoms with Crippen LogP contribution < -0.4 is 5.32 Å². The molecule has 0 spiro atoms. The van der Waals surface area contributed by atoms with E-state index in [1.807, 2.05) is 32.9 Å². The van der Waals surface area contributed by atoms with Crippen LogP contribution in [0.25, 0.3) is 0 Å². The first-order valence-corrected chi connectivity index (χ1v) is 8.38. The van der Waals surface area contributed by atoms with Crippen molar-refractivity contribution in [3.63, 3.8) is 0 Å². The van der Waals surface area contributed by atoms with E-state index in [-0.39, 0.29) is 24.2 Å². The zero-order chi connectivity index (χ0) is 17.6. The molecule has 6 heteroatoms. The summed E-state index contributed by atoms with van der Waals surface area (Å²) in [4.78, 5) is 26.2. The van der Waals surface area contributed by atoms with Gasteiger partial charge in [0.25, 0.3) is 0 Å². The Morgan fingerprint density at radius 3 is 2.35 bits per heavy atom. The average Bonchev–Trinajstić information content (AvgIpc) is 2.46. The molecule has 124 valence electrons.